The van der Waals surface area contributed by atoms with Crippen molar-refractivity contribution in [3.8, 4) is 0 Å². The molecule has 0 radical (unpaired) electrons. The monoisotopic (exact) mass is 576 g/mol. The number of cyclic esters (lactones) is 1. The molecule has 5 fully saturated rings. The van der Waals surface area contributed by atoms with Crippen LogP contribution in [-0.2, 0) is 33.3 Å². The number of hydrogen-bond acceptors (Lipinski definition) is 9. The number of rotatable bonds is 5. The third-order valence-electron chi connectivity index (χ3n) is 12.6. The molecule has 41 heavy (non-hydrogen) atoms. The van der Waals surface area contributed by atoms with E-state index in [0.29, 0.717) is 18.4 Å². The molecule has 9 nitrogen and oxygen atoms in total. The largest absolute Gasteiger partial charge is 0.458 e. The van der Waals surface area contributed by atoms with Crippen LogP contribution in [0.25, 0.3) is 0 Å². The van der Waals surface area contributed by atoms with Crippen LogP contribution < -0.4 is 0 Å². The summed E-state index contributed by atoms with van der Waals surface area (Å²) >= 11 is 0. The molecule has 6 rings (SSSR count). The summed E-state index contributed by atoms with van der Waals surface area (Å²) in [6.07, 6.45) is 6.35. The molecule has 230 valence electrons. The highest BCUT2D eigenvalue weighted by Gasteiger charge is 2.67. The SMILES string of the molecule is CO[C@H]1[C@H](O)[C@@H](C)O[C@@H](O[C@H]2CC[C@@]3(C)[C@H](CC[C@@H]4[C@@H]3CC[C@]3(C)[C@@H](C5=CC(=O)OC5)CC[C@]43O)C2)[C@@H]1OC(C)=O. The summed E-state index contributed by atoms with van der Waals surface area (Å²) in [4.78, 5) is 23.7. The van der Waals surface area contributed by atoms with Gasteiger partial charge in [0.2, 0.25) is 0 Å². The second-order valence-corrected chi connectivity index (χ2v) is 14.3. The fourth-order valence-electron chi connectivity index (χ4n) is 10.4. The van der Waals surface area contributed by atoms with E-state index in [0.717, 1.165) is 63.4 Å². The minimum atomic E-state index is -0.926. The first-order valence-electron chi connectivity index (χ1n) is 15.7. The van der Waals surface area contributed by atoms with Gasteiger partial charge in [0.1, 0.15) is 18.8 Å². The Labute approximate surface area is 243 Å². The molecule has 13 atom stereocenters. The minimum Gasteiger partial charge on any atom is -0.458 e. The number of aliphatic hydroxyl groups is 2. The Hall–Kier alpha value is -1.52. The third-order valence-corrected chi connectivity index (χ3v) is 12.6. The van der Waals surface area contributed by atoms with Gasteiger partial charge < -0.3 is 33.9 Å². The molecule has 2 N–H and O–H groups in total. The van der Waals surface area contributed by atoms with Crippen molar-refractivity contribution in [2.45, 2.75) is 128 Å². The zero-order valence-corrected chi connectivity index (χ0v) is 25.2. The Morgan fingerprint density at radius 1 is 1.05 bits per heavy atom. The maximum atomic E-state index is 12.5. The molecule has 0 aromatic heterocycles. The van der Waals surface area contributed by atoms with Gasteiger partial charge in [0.15, 0.2) is 12.4 Å². The maximum absolute atomic E-state index is 12.5. The molecule has 9 heteroatoms. The number of methoxy groups -OCH3 is 1. The molecule has 0 amide bonds. The van der Waals surface area contributed by atoms with Gasteiger partial charge in [-0.25, -0.2) is 4.79 Å². The van der Waals surface area contributed by atoms with Gasteiger partial charge in [0, 0.05) is 25.5 Å². The summed E-state index contributed by atoms with van der Waals surface area (Å²) in [5.74, 6) is 0.650. The molecule has 2 heterocycles. The molecule has 1 saturated heterocycles. The Morgan fingerprint density at radius 3 is 2.51 bits per heavy atom. The van der Waals surface area contributed by atoms with Crippen LogP contribution in [0.5, 0.6) is 0 Å². The van der Waals surface area contributed by atoms with Crippen LogP contribution in [0.2, 0.25) is 0 Å². The van der Waals surface area contributed by atoms with Crippen molar-refractivity contribution in [3.63, 3.8) is 0 Å². The normalized spacial score (nSPS) is 51.2. The van der Waals surface area contributed by atoms with E-state index in [1.54, 1.807) is 13.0 Å². The van der Waals surface area contributed by atoms with E-state index >= 15 is 0 Å². The fourth-order valence-corrected chi connectivity index (χ4v) is 10.4. The van der Waals surface area contributed by atoms with Gasteiger partial charge in [-0.3, -0.25) is 4.79 Å². The summed E-state index contributed by atoms with van der Waals surface area (Å²) in [5.41, 5.74) is 0.221. The number of carbonyl (C=O) groups is 2. The summed E-state index contributed by atoms with van der Waals surface area (Å²) in [6, 6.07) is 0. The van der Waals surface area contributed by atoms with E-state index in [-0.39, 0.29) is 34.7 Å². The lowest BCUT2D eigenvalue weighted by molar-refractivity contribution is -0.315. The van der Waals surface area contributed by atoms with E-state index in [2.05, 4.69) is 13.8 Å². The Morgan fingerprint density at radius 2 is 1.83 bits per heavy atom. The average Bonchev–Trinajstić information content (AvgIpc) is 3.46. The van der Waals surface area contributed by atoms with E-state index < -0.39 is 42.3 Å². The lowest BCUT2D eigenvalue weighted by Crippen LogP contribution is -2.63. The predicted molar refractivity (Wildman–Crippen MR) is 147 cm³/mol. The minimum absolute atomic E-state index is 0.0488. The van der Waals surface area contributed by atoms with Crippen LogP contribution in [0.3, 0.4) is 0 Å². The first-order chi connectivity index (χ1) is 19.4. The van der Waals surface area contributed by atoms with Crippen LogP contribution in [0, 0.1) is 34.5 Å². The van der Waals surface area contributed by atoms with Crippen LogP contribution in [0.1, 0.15) is 85.5 Å². The van der Waals surface area contributed by atoms with Gasteiger partial charge in [-0.05, 0) is 99.4 Å². The predicted octanol–water partition coefficient (Wildman–Crippen LogP) is 3.68. The smallest absolute Gasteiger partial charge is 0.331 e. The van der Waals surface area contributed by atoms with Crippen molar-refractivity contribution < 1.29 is 43.5 Å². The molecule has 6 aliphatic rings. The Bertz CT molecular complexity index is 1080. The third kappa shape index (κ3) is 4.60. The van der Waals surface area contributed by atoms with Gasteiger partial charge in [-0.2, -0.15) is 0 Å². The van der Waals surface area contributed by atoms with Crippen LogP contribution >= 0.6 is 0 Å². The topological polar surface area (TPSA) is 121 Å². The fraction of sp³-hybridized carbons (Fsp3) is 0.875. The van der Waals surface area contributed by atoms with E-state index in [4.69, 9.17) is 23.7 Å². The second-order valence-electron chi connectivity index (χ2n) is 14.3. The number of aliphatic hydroxyl groups excluding tert-OH is 1. The molecule has 4 saturated carbocycles. The number of carbonyl (C=O) groups excluding carboxylic acids is 2. The number of fused-ring (bicyclic) bond motifs is 5. The number of esters is 2. The average molecular weight is 577 g/mol. The first-order valence-corrected chi connectivity index (χ1v) is 15.7. The zero-order chi connectivity index (χ0) is 29.3. The molecule has 0 aromatic carbocycles. The lowest BCUT2D eigenvalue weighted by atomic mass is 9.43. The second kappa shape index (κ2) is 10.6. The maximum Gasteiger partial charge on any atom is 0.331 e. The van der Waals surface area contributed by atoms with Crippen molar-refractivity contribution in [1.29, 1.82) is 0 Å². The molecule has 0 bridgehead atoms. The van der Waals surface area contributed by atoms with Crippen molar-refractivity contribution in [2.24, 2.45) is 34.5 Å². The van der Waals surface area contributed by atoms with Gasteiger partial charge >= 0.3 is 11.9 Å². The molecule has 0 unspecified atom stereocenters. The first kappa shape index (κ1) is 29.5. The van der Waals surface area contributed by atoms with Crippen molar-refractivity contribution in [1.82, 2.24) is 0 Å². The van der Waals surface area contributed by atoms with E-state index in [1.807, 2.05) is 0 Å². The molecular weight excluding hydrogens is 528 g/mol. The van der Waals surface area contributed by atoms with Gasteiger partial charge in [0.25, 0.3) is 0 Å². The van der Waals surface area contributed by atoms with Crippen LogP contribution in [0.4, 0.5) is 0 Å². The standard InChI is InChI=1S/C32H48O9/c1-17-26(35)27(37-5)28(40-18(2)33)29(39-17)41-21-8-11-30(3)20(15-21)6-7-24-23(30)9-12-31(4)22(10-13-32(24,31)36)19-14-25(34)38-16-19/h14,17,20-24,26-29,35-36H,6-13,15-16H2,1-5H3/t17-,20-,21+,22-,23+,24-,26-,27+,28-,29+,30+,31-,32+/m1/s1. The molecule has 0 spiro atoms. The van der Waals surface area contributed by atoms with Gasteiger partial charge in [0.05, 0.1) is 17.8 Å². The van der Waals surface area contributed by atoms with Gasteiger partial charge in [-0.1, -0.05) is 13.8 Å². The molecular formula is C32H48O9. The molecule has 0 aromatic rings. The van der Waals surface area contributed by atoms with Crippen molar-refractivity contribution in [2.75, 3.05) is 13.7 Å². The number of ether oxygens (including phenoxy) is 5. The molecule has 2 aliphatic heterocycles. The highest BCUT2D eigenvalue weighted by Crippen LogP contribution is 2.70. The van der Waals surface area contributed by atoms with Crippen molar-refractivity contribution in [3.05, 3.63) is 11.6 Å². The van der Waals surface area contributed by atoms with E-state index in [9.17, 15) is 19.8 Å². The zero-order valence-electron chi connectivity index (χ0n) is 25.2. The quantitative estimate of drug-likeness (QED) is 0.373. The number of hydrogen-bond donors (Lipinski definition) is 2. The Kier molecular flexibility index (Phi) is 7.62. The Balaban J connectivity index is 1.16. The highest BCUT2D eigenvalue weighted by molar-refractivity contribution is 5.85. The van der Waals surface area contributed by atoms with Gasteiger partial charge in [-0.15, -0.1) is 0 Å². The van der Waals surface area contributed by atoms with Crippen molar-refractivity contribution >= 4 is 11.9 Å². The molecule has 4 aliphatic carbocycles. The summed E-state index contributed by atoms with van der Waals surface area (Å²) in [6.45, 7) is 8.19. The highest BCUT2D eigenvalue weighted by atomic mass is 16.7. The summed E-state index contributed by atoms with van der Waals surface area (Å²) in [7, 11) is 1.50. The summed E-state index contributed by atoms with van der Waals surface area (Å²) < 4.78 is 28.9. The van der Waals surface area contributed by atoms with Crippen LogP contribution in [-0.4, -0.2) is 78.3 Å². The van der Waals surface area contributed by atoms with E-state index in [1.165, 1.54) is 14.0 Å². The lowest BCUT2D eigenvalue weighted by Gasteiger charge is -2.64. The summed E-state index contributed by atoms with van der Waals surface area (Å²) in [5, 5.41) is 23.1. The van der Waals surface area contributed by atoms with Crippen LogP contribution in [0.15, 0.2) is 11.6 Å².